The van der Waals surface area contributed by atoms with Gasteiger partial charge in [0.2, 0.25) is 5.91 Å². The predicted molar refractivity (Wildman–Crippen MR) is 88.7 cm³/mol. The van der Waals surface area contributed by atoms with E-state index in [1.807, 2.05) is 0 Å². The number of carbonyl (C=O) groups is 2. The maximum Gasteiger partial charge on any atom is 0.251 e. The summed E-state index contributed by atoms with van der Waals surface area (Å²) in [7, 11) is -3.08. The molecule has 0 heterocycles. The highest BCUT2D eigenvalue weighted by Gasteiger charge is 2.23. The van der Waals surface area contributed by atoms with Crippen molar-refractivity contribution >= 4 is 27.7 Å². The summed E-state index contributed by atoms with van der Waals surface area (Å²) in [5, 5.41) is 5.40. The van der Waals surface area contributed by atoms with Gasteiger partial charge in [-0.05, 0) is 36.6 Å². The van der Waals surface area contributed by atoms with E-state index in [0.717, 1.165) is 24.7 Å². The van der Waals surface area contributed by atoms with Gasteiger partial charge in [-0.3, -0.25) is 9.59 Å². The van der Waals surface area contributed by atoms with Gasteiger partial charge in [-0.1, -0.05) is 12.1 Å². The summed E-state index contributed by atoms with van der Waals surface area (Å²) in [6.45, 7) is 0.0856. The molecule has 124 valence electrons. The number of hydrogen-bond acceptors (Lipinski definition) is 4. The van der Waals surface area contributed by atoms with Gasteiger partial charge in [-0.2, -0.15) is 0 Å². The molecule has 1 aromatic rings. The summed E-state index contributed by atoms with van der Waals surface area (Å²) in [5.41, 5.74) is 1.37. The largest absolute Gasteiger partial charge is 0.352 e. The minimum absolute atomic E-state index is 0.0819. The van der Waals surface area contributed by atoms with E-state index in [4.69, 9.17) is 0 Å². The zero-order chi connectivity index (χ0) is 16.9. The monoisotopic (exact) mass is 336 g/mol. The molecule has 1 aliphatic rings. The molecule has 0 atom stereocenters. The van der Waals surface area contributed by atoms with Crippen LogP contribution in [0.4, 0.5) is 0 Å². The highest BCUT2D eigenvalue weighted by atomic mass is 32.2. The Labute approximate surface area is 135 Å². The number of carbonyl (C=O) groups excluding carboxylic acids is 2. The molecule has 0 unspecified atom stereocenters. The van der Waals surface area contributed by atoms with Crippen LogP contribution in [0.3, 0.4) is 0 Å². The molecular weight excluding hydrogens is 316 g/mol. The summed E-state index contributed by atoms with van der Waals surface area (Å²) >= 11 is 0. The first-order valence-corrected chi connectivity index (χ1v) is 9.44. The number of sulfone groups is 1. The Kier molecular flexibility index (Phi) is 5.54. The average molecular weight is 336 g/mol. The third kappa shape index (κ3) is 6.65. The van der Waals surface area contributed by atoms with Gasteiger partial charge in [0.1, 0.15) is 9.84 Å². The van der Waals surface area contributed by atoms with Gasteiger partial charge in [0, 0.05) is 30.5 Å². The van der Waals surface area contributed by atoms with Crippen LogP contribution < -0.4 is 10.6 Å². The lowest BCUT2D eigenvalue weighted by atomic mass is 10.1. The van der Waals surface area contributed by atoms with Gasteiger partial charge < -0.3 is 10.6 Å². The van der Waals surface area contributed by atoms with E-state index in [1.165, 1.54) is 6.08 Å². The first kappa shape index (κ1) is 17.2. The Bertz CT molecular complexity index is 704. The zero-order valence-electron chi connectivity index (χ0n) is 12.9. The third-order valence-electron chi connectivity index (χ3n) is 3.28. The summed E-state index contributed by atoms with van der Waals surface area (Å²) < 4.78 is 21.9. The molecule has 0 bridgehead atoms. The highest BCUT2D eigenvalue weighted by Crippen LogP contribution is 2.19. The summed E-state index contributed by atoms with van der Waals surface area (Å²) in [6.07, 6.45) is 6.15. The van der Waals surface area contributed by atoms with Crippen LogP contribution >= 0.6 is 0 Å². The molecule has 0 aromatic heterocycles. The van der Waals surface area contributed by atoms with E-state index < -0.39 is 9.84 Å². The Morgan fingerprint density at radius 3 is 2.43 bits per heavy atom. The molecule has 0 saturated heterocycles. The van der Waals surface area contributed by atoms with E-state index >= 15 is 0 Å². The molecular formula is C16H20N2O4S. The molecule has 2 amide bonds. The van der Waals surface area contributed by atoms with Gasteiger partial charge in [0.15, 0.2) is 0 Å². The molecule has 0 radical (unpaired) electrons. The molecule has 0 spiro atoms. The van der Waals surface area contributed by atoms with Crippen molar-refractivity contribution in [2.45, 2.75) is 18.9 Å². The molecule has 7 heteroatoms. The van der Waals surface area contributed by atoms with Crippen molar-refractivity contribution in [2.75, 3.05) is 18.6 Å². The van der Waals surface area contributed by atoms with Crippen molar-refractivity contribution in [2.24, 2.45) is 0 Å². The highest BCUT2D eigenvalue weighted by molar-refractivity contribution is 7.90. The summed E-state index contributed by atoms with van der Waals surface area (Å²) in [5.74, 6) is -0.525. The molecule has 1 aliphatic carbocycles. The third-order valence-corrected chi connectivity index (χ3v) is 4.23. The molecule has 0 aliphatic heterocycles. The molecule has 1 fully saturated rings. The molecule has 1 saturated carbocycles. The van der Waals surface area contributed by atoms with E-state index in [-0.39, 0.29) is 24.1 Å². The van der Waals surface area contributed by atoms with Gasteiger partial charge >= 0.3 is 0 Å². The van der Waals surface area contributed by atoms with Crippen LogP contribution in [0.5, 0.6) is 0 Å². The fourth-order valence-electron chi connectivity index (χ4n) is 1.83. The van der Waals surface area contributed by atoms with Crippen LogP contribution in [0.15, 0.2) is 30.3 Å². The second kappa shape index (κ2) is 7.41. The normalized spacial score (nSPS) is 14.7. The number of hydrogen-bond donors (Lipinski definition) is 2. The van der Waals surface area contributed by atoms with Crippen molar-refractivity contribution in [1.29, 1.82) is 0 Å². The molecule has 6 nitrogen and oxygen atoms in total. The Morgan fingerprint density at radius 1 is 1.22 bits per heavy atom. The van der Waals surface area contributed by atoms with Crippen molar-refractivity contribution in [3.8, 4) is 0 Å². The van der Waals surface area contributed by atoms with Gasteiger partial charge in [-0.25, -0.2) is 8.42 Å². The fraction of sp³-hybridized carbons (Fsp3) is 0.375. The summed E-state index contributed by atoms with van der Waals surface area (Å²) in [4.78, 5) is 23.4. The maximum absolute atomic E-state index is 11.8. The fourth-order valence-corrected chi connectivity index (χ4v) is 2.31. The quantitative estimate of drug-likeness (QED) is 0.719. The van der Waals surface area contributed by atoms with Crippen molar-refractivity contribution in [3.05, 3.63) is 41.5 Å². The smallest absolute Gasteiger partial charge is 0.251 e. The molecule has 2 N–H and O–H groups in total. The Morgan fingerprint density at radius 2 is 1.87 bits per heavy atom. The molecule has 23 heavy (non-hydrogen) atoms. The van der Waals surface area contributed by atoms with E-state index in [9.17, 15) is 18.0 Å². The lowest BCUT2D eigenvalue weighted by Crippen LogP contribution is -2.27. The van der Waals surface area contributed by atoms with Crippen molar-refractivity contribution in [1.82, 2.24) is 10.6 Å². The summed E-state index contributed by atoms with van der Waals surface area (Å²) in [6, 6.07) is 7.24. The number of rotatable bonds is 7. The average Bonchev–Trinajstić information content (AvgIpc) is 3.28. The second-order valence-corrected chi connectivity index (χ2v) is 7.88. The van der Waals surface area contributed by atoms with E-state index in [0.29, 0.717) is 11.6 Å². The van der Waals surface area contributed by atoms with Crippen LogP contribution in [-0.4, -0.2) is 44.8 Å². The standard InChI is InChI=1S/C16H20N2O4S/c1-23(21,22)11-10-17-15(19)9-4-12-2-5-13(6-3-12)16(20)18-14-7-8-14/h2-6,9,14H,7-8,10-11H2,1H3,(H,17,19)(H,18,20). The maximum atomic E-state index is 11.8. The van der Waals surface area contributed by atoms with Gasteiger partial charge in [0.05, 0.1) is 5.75 Å². The van der Waals surface area contributed by atoms with Crippen LogP contribution in [-0.2, 0) is 14.6 Å². The molecule has 1 aromatic carbocycles. The second-order valence-electron chi connectivity index (χ2n) is 5.62. The minimum atomic E-state index is -3.08. The number of nitrogens with one attached hydrogen (secondary N) is 2. The minimum Gasteiger partial charge on any atom is -0.352 e. The number of amides is 2. The van der Waals surface area contributed by atoms with Crippen molar-refractivity contribution < 1.29 is 18.0 Å². The van der Waals surface area contributed by atoms with Crippen LogP contribution in [0, 0.1) is 0 Å². The number of benzene rings is 1. The first-order chi connectivity index (χ1) is 10.8. The Balaban J connectivity index is 1.82. The van der Waals surface area contributed by atoms with Crippen LogP contribution in [0.2, 0.25) is 0 Å². The lowest BCUT2D eigenvalue weighted by Gasteiger charge is -2.03. The van der Waals surface area contributed by atoms with Crippen molar-refractivity contribution in [3.63, 3.8) is 0 Å². The zero-order valence-corrected chi connectivity index (χ0v) is 13.7. The van der Waals surface area contributed by atoms with Crippen LogP contribution in [0.1, 0.15) is 28.8 Å². The SMILES string of the molecule is CS(=O)(=O)CCNC(=O)C=Cc1ccc(C(=O)NC2CC2)cc1. The lowest BCUT2D eigenvalue weighted by molar-refractivity contribution is -0.116. The van der Waals surface area contributed by atoms with Crippen LogP contribution in [0.25, 0.3) is 6.08 Å². The predicted octanol–water partition coefficient (Wildman–Crippen LogP) is 0.753. The van der Waals surface area contributed by atoms with Gasteiger partial charge in [-0.15, -0.1) is 0 Å². The van der Waals surface area contributed by atoms with E-state index in [1.54, 1.807) is 30.3 Å². The van der Waals surface area contributed by atoms with Gasteiger partial charge in [0.25, 0.3) is 5.91 Å². The first-order valence-electron chi connectivity index (χ1n) is 7.38. The topological polar surface area (TPSA) is 92.3 Å². The molecule has 2 rings (SSSR count). The Hall–Kier alpha value is -2.15. The van der Waals surface area contributed by atoms with E-state index in [2.05, 4.69) is 10.6 Å².